The summed E-state index contributed by atoms with van der Waals surface area (Å²) in [7, 11) is -7.10. The molecule has 2 atom stereocenters. The van der Waals surface area contributed by atoms with Gasteiger partial charge in [-0.1, -0.05) is 6.07 Å². The van der Waals surface area contributed by atoms with E-state index in [4.69, 9.17) is 9.47 Å². The monoisotopic (exact) mass is 607 g/mol. The number of nitrogens with zero attached hydrogens (tertiary/aromatic N) is 2. The van der Waals surface area contributed by atoms with Crippen molar-refractivity contribution in [1.29, 1.82) is 0 Å². The number of ether oxygens (including phenoxy) is 2. The predicted octanol–water partition coefficient (Wildman–Crippen LogP) is 0.529. The number of pyridine rings is 1. The van der Waals surface area contributed by atoms with Crippen molar-refractivity contribution < 1.29 is 31.4 Å². The molecule has 2 saturated heterocycles. The van der Waals surface area contributed by atoms with E-state index in [2.05, 4.69) is 20.3 Å². The summed E-state index contributed by atoms with van der Waals surface area (Å²) in [5.74, 6) is 0.396. The molecule has 1 aliphatic carbocycles. The van der Waals surface area contributed by atoms with Crippen LogP contribution in [0, 0.1) is 0 Å². The van der Waals surface area contributed by atoms with Gasteiger partial charge < -0.3 is 24.9 Å². The van der Waals surface area contributed by atoms with Gasteiger partial charge in [-0.05, 0) is 56.4 Å². The van der Waals surface area contributed by atoms with Crippen LogP contribution in [0.5, 0.6) is 5.75 Å². The third-order valence-electron chi connectivity index (χ3n) is 8.01. The van der Waals surface area contributed by atoms with Crippen LogP contribution in [0.15, 0.2) is 51.1 Å². The molecule has 13 nitrogen and oxygen atoms in total. The molecule has 4 N–H and O–H groups in total. The molecule has 222 valence electrons. The van der Waals surface area contributed by atoms with E-state index in [-0.39, 0.29) is 34.2 Å². The summed E-state index contributed by atoms with van der Waals surface area (Å²) in [5, 5.41) is 13.5. The zero-order valence-electron chi connectivity index (χ0n) is 22.3. The van der Waals surface area contributed by atoms with E-state index in [0.717, 1.165) is 0 Å². The van der Waals surface area contributed by atoms with Gasteiger partial charge in [0.05, 0.1) is 27.9 Å². The Morgan fingerprint density at radius 2 is 1.93 bits per heavy atom. The van der Waals surface area contributed by atoms with Gasteiger partial charge in [0, 0.05) is 31.9 Å². The lowest BCUT2D eigenvalue weighted by Gasteiger charge is -2.38. The van der Waals surface area contributed by atoms with Gasteiger partial charge in [0.15, 0.2) is 15.5 Å². The normalized spacial score (nSPS) is 22.3. The number of hydrogen-bond donors (Lipinski definition) is 4. The second-order valence-electron chi connectivity index (χ2n) is 11.0. The van der Waals surface area contributed by atoms with Gasteiger partial charge in [-0.2, -0.15) is 4.31 Å². The fourth-order valence-corrected chi connectivity index (χ4v) is 8.62. The molecule has 41 heavy (non-hydrogen) atoms. The Bertz CT molecular complexity index is 1690. The summed E-state index contributed by atoms with van der Waals surface area (Å²) >= 11 is 0. The van der Waals surface area contributed by atoms with Crippen LogP contribution >= 0.6 is 0 Å². The number of sulfone groups is 1. The van der Waals surface area contributed by atoms with Crippen molar-refractivity contribution in [3.8, 4) is 5.75 Å². The number of aliphatic hydroxyl groups excluding tert-OH is 1. The molecule has 2 aliphatic heterocycles. The van der Waals surface area contributed by atoms with Crippen molar-refractivity contribution in [2.45, 2.75) is 64.9 Å². The second kappa shape index (κ2) is 10.8. The van der Waals surface area contributed by atoms with E-state index in [9.17, 15) is 26.7 Å². The minimum atomic E-state index is -3.78. The number of nitrogens with one attached hydrogen (secondary N) is 3. The molecule has 0 radical (unpaired) electrons. The number of imidazole rings is 1. The number of aromatic amines is 2. The highest BCUT2D eigenvalue weighted by Gasteiger charge is 2.45. The van der Waals surface area contributed by atoms with E-state index in [1.165, 1.54) is 22.6 Å². The van der Waals surface area contributed by atoms with Crippen LogP contribution in [0.25, 0.3) is 11.2 Å². The maximum Gasteiger partial charge on any atom is 0.325 e. The van der Waals surface area contributed by atoms with Crippen LogP contribution in [0.1, 0.15) is 32.1 Å². The largest absolute Gasteiger partial charge is 0.491 e. The lowest BCUT2D eigenvalue weighted by molar-refractivity contribution is -0.0312. The molecule has 1 aromatic carbocycles. The Morgan fingerprint density at radius 3 is 2.68 bits per heavy atom. The number of H-pyrrole nitrogens is 2. The third kappa shape index (κ3) is 5.92. The molecule has 3 aliphatic rings. The van der Waals surface area contributed by atoms with Crippen LogP contribution in [-0.4, -0.2) is 97.0 Å². The minimum absolute atomic E-state index is 0.00274. The third-order valence-corrected chi connectivity index (χ3v) is 12.1. The summed E-state index contributed by atoms with van der Waals surface area (Å²) in [6.45, 7) is 1.30. The number of aliphatic hydroxyl groups is 1. The maximum absolute atomic E-state index is 13.2. The van der Waals surface area contributed by atoms with Crippen LogP contribution in [0.4, 0.5) is 0 Å². The fourth-order valence-electron chi connectivity index (χ4n) is 5.52. The number of piperidine rings is 1. The highest BCUT2D eigenvalue weighted by molar-refractivity contribution is 7.92. The van der Waals surface area contributed by atoms with Gasteiger partial charge >= 0.3 is 5.69 Å². The van der Waals surface area contributed by atoms with Gasteiger partial charge in [-0.15, -0.1) is 0 Å². The summed E-state index contributed by atoms with van der Waals surface area (Å²) in [5.41, 5.74) is -0.253. The summed E-state index contributed by atoms with van der Waals surface area (Å²) in [4.78, 5) is 20.8. The van der Waals surface area contributed by atoms with Gasteiger partial charge in [0.2, 0.25) is 10.0 Å². The molecule has 3 aromatic rings. The van der Waals surface area contributed by atoms with E-state index in [0.29, 0.717) is 68.7 Å². The predicted molar refractivity (Wildman–Crippen MR) is 148 cm³/mol. The van der Waals surface area contributed by atoms with Crippen LogP contribution in [-0.2, 0) is 24.6 Å². The molecule has 1 spiro atoms. The van der Waals surface area contributed by atoms with Gasteiger partial charge in [-0.25, -0.2) is 26.6 Å². The Hall–Kier alpha value is -2.82. The molecule has 1 unspecified atom stereocenters. The van der Waals surface area contributed by atoms with Gasteiger partial charge in [0.1, 0.15) is 23.4 Å². The number of benzene rings is 1. The van der Waals surface area contributed by atoms with Crippen LogP contribution in [0.2, 0.25) is 0 Å². The van der Waals surface area contributed by atoms with E-state index < -0.39 is 37.3 Å². The number of aromatic nitrogens is 3. The summed E-state index contributed by atoms with van der Waals surface area (Å²) < 4.78 is 64.6. The Morgan fingerprint density at radius 1 is 1.15 bits per heavy atom. The van der Waals surface area contributed by atoms with Crippen LogP contribution < -0.4 is 15.7 Å². The molecule has 15 heteroatoms. The molecule has 4 heterocycles. The van der Waals surface area contributed by atoms with Gasteiger partial charge in [-0.3, -0.25) is 4.98 Å². The average molecular weight is 608 g/mol. The standard InChI is InChI=1S/C26H33N5O8S2/c32-18(16-38-19-2-1-3-21(10-19)40(34,35)20-4-5-20)13-27-17-12-26(39-15-17)6-8-31(9-7-26)41(36,37)22-11-23-24(28-14-22)30-25(33)29-23/h1-3,10-11,14,17-18,20,27,32H,4-9,12-13,15-16H2,(H2,28,29,30,33)/t17-,18?/m1/s1. The molecular formula is C26H33N5O8S2. The highest BCUT2D eigenvalue weighted by Crippen LogP contribution is 2.37. The van der Waals surface area contributed by atoms with Crippen molar-refractivity contribution in [3.05, 3.63) is 47.0 Å². The zero-order chi connectivity index (χ0) is 28.8. The summed E-state index contributed by atoms with van der Waals surface area (Å²) in [6, 6.07) is 7.79. The highest BCUT2D eigenvalue weighted by atomic mass is 32.2. The lowest BCUT2D eigenvalue weighted by atomic mass is 9.88. The Labute approximate surface area is 237 Å². The van der Waals surface area contributed by atoms with E-state index >= 15 is 0 Å². The quantitative estimate of drug-likeness (QED) is 0.254. The van der Waals surface area contributed by atoms with Crippen molar-refractivity contribution in [2.75, 3.05) is 32.8 Å². The Balaban J connectivity index is 0.971. The fraction of sp³-hybridized carbons (Fsp3) is 0.538. The molecule has 6 rings (SSSR count). The molecule has 0 amide bonds. The Kier molecular flexibility index (Phi) is 7.45. The first-order valence-electron chi connectivity index (χ1n) is 13.6. The number of rotatable bonds is 10. The molecular weight excluding hydrogens is 574 g/mol. The summed E-state index contributed by atoms with van der Waals surface area (Å²) in [6.07, 6.45) is 3.57. The number of hydrogen-bond acceptors (Lipinski definition) is 10. The SMILES string of the molecule is O=c1[nH]c2cc(S(=O)(=O)N3CCC4(CC3)C[C@@H](NCC(O)COc3cccc(S(=O)(=O)C5CC5)c3)CO4)cnc2[nH]1. The van der Waals surface area contributed by atoms with Crippen molar-refractivity contribution >= 4 is 31.0 Å². The van der Waals surface area contributed by atoms with E-state index in [1.54, 1.807) is 18.2 Å². The molecule has 3 fully saturated rings. The first kappa shape index (κ1) is 28.3. The number of fused-ring (bicyclic) bond motifs is 1. The first-order chi connectivity index (χ1) is 19.5. The van der Waals surface area contributed by atoms with E-state index in [1.807, 2.05) is 0 Å². The number of sulfonamides is 1. The molecule has 2 aromatic heterocycles. The zero-order valence-corrected chi connectivity index (χ0v) is 23.9. The average Bonchev–Trinajstić information content (AvgIpc) is 3.66. The lowest BCUT2D eigenvalue weighted by Crippen LogP contribution is -2.47. The maximum atomic E-state index is 13.2. The minimum Gasteiger partial charge on any atom is -0.491 e. The molecule has 0 bridgehead atoms. The van der Waals surface area contributed by atoms with Crippen molar-refractivity contribution in [1.82, 2.24) is 24.6 Å². The smallest absolute Gasteiger partial charge is 0.325 e. The van der Waals surface area contributed by atoms with Crippen molar-refractivity contribution in [3.63, 3.8) is 0 Å². The first-order valence-corrected chi connectivity index (χ1v) is 16.6. The van der Waals surface area contributed by atoms with Crippen molar-refractivity contribution in [2.24, 2.45) is 0 Å². The van der Waals surface area contributed by atoms with Gasteiger partial charge in [0.25, 0.3) is 0 Å². The molecule has 1 saturated carbocycles. The van der Waals surface area contributed by atoms with Crippen LogP contribution in [0.3, 0.4) is 0 Å². The topological polar surface area (TPSA) is 184 Å². The second-order valence-corrected chi connectivity index (χ2v) is 15.2.